The van der Waals surface area contributed by atoms with Gasteiger partial charge in [0.1, 0.15) is 5.75 Å². The Morgan fingerprint density at radius 3 is 2.76 bits per heavy atom. The highest BCUT2D eigenvalue weighted by Crippen LogP contribution is 2.31. The summed E-state index contributed by atoms with van der Waals surface area (Å²) in [5.41, 5.74) is 4.08. The highest BCUT2D eigenvalue weighted by molar-refractivity contribution is 5.43. The molecule has 1 atom stereocenters. The van der Waals surface area contributed by atoms with Gasteiger partial charge in [0.2, 0.25) is 0 Å². The molecule has 0 aliphatic carbocycles. The lowest BCUT2D eigenvalue weighted by atomic mass is 9.96. The van der Waals surface area contributed by atoms with Gasteiger partial charge in [0.15, 0.2) is 0 Å². The van der Waals surface area contributed by atoms with E-state index in [2.05, 4.69) is 53.8 Å². The largest absolute Gasteiger partial charge is 0.493 e. The minimum atomic E-state index is 0.394. The summed E-state index contributed by atoms with van der Waals surface area (Å²) in [5.74, 6) is 1.15. The lowest BCUT2D eigenvalue weighted by Crippen LogP contribution is -2.17. The molecule has 2 aromatic carbocycles. The Hall–Kier alpha value is -1.80. The Balaban J connectivity index is 1.72. The summed E-state index contributed by atoms with van der Waals surface area (Å²) in [4.78, 5) is 0. The summed E-state index contributed by atoms with van der Waals surface area (Å²) in [5, 5.41) is 3.43. The van der Waals surface area contributed by atoms with E-state index in [0.29, 0.717) is 6.04 Å². The van der Waals surface area contributed by atoms with E-state index in [4.69, 9.17) is 4.74 Å². The van der Waals surface area contributed by atoms with Gasteiger partial charge in [-0.1, -0.05) is 48.5 Å². The summed E-state index contributed by atoms with van der Waals surface area (Å²) < 4.78 is 5.91. The second-order valence-corrected chi connectivity index (χ2v) is 5.65. The first-order valence-electron chi connectivity index (χ1n) is 7.84. The fourth-order valence-electron chi connectivity index (χ4n) is 3.12. The van der Waals surface area contributed by atoms with Crippen LogP contribution in [0.15, 0.2) is 48.5 Å². The van der Waals surface area contributed by atoms with Crippen LogP contribution in [0.1, 0.15) is 35.6 Å². The average Bonchev–Trinajstić information content (AvgIpc) is 2.56. The third kappa shape index (κ3) is 3.27. The molecule has 110 valence electrons. The summed E-state index contributed by atoms with van der Waals surface area (Å²) >= 11 is 0. The number of aryl methyl sites for hydroxylation is 2. The van der Waals surface area contributed by atoms with Crippen molar-refractivity contribution in [1.82, 2.24) is 5.32 Å². The monoisotopic (exact) mass is 281 g/mol. The van der Waals surface area contributed by atoms with E-state index in [1.807, 2.05) is 7.05 Å². The van der Waals surface area contributed by atoms with Crippen LogP contribution in [0.4, 0.5) is 0 Å². The fraction of sp³-hybridized carbons (Fsp3) is 0.368. The second-order valence-electron chi connectivity index (χ2n) is 5.65. The van der Waals surface area contributed by atoms with Gasteiger partial charge in [-0.25, -0.2) is 0 Å². The summed E-state index contributed by atoms with van der Waals surface area (Å²) in [6, 6.07) is 17.6. The molecule has 1 unspecified atom stereocenters. The van der Waals surface area contributed by atoms with Crippen molar-refractivity contribution in [1.29, 1.82) is 0 Å². The lowest BCUT2D eigenvalue weighted by molar-refractivity contribution is 0.284. The molecule has 0 spiro atoms. The molecule has 0 radical (unpaired) electrons. The van der Waals surface area contributed by atoms with Crippen molar-refractivity contribution in [2.45, 2.75) is 31.7 Å². The van der Waals surface area contributed by atoms with Crippen LogP contribution in [0, 0.1) is 0 Å². The molecule has 1 N–H and O–H groups in total. The predicted molar refractivity (Wildman–Crippen MR) is 86.8 cm³/mol. The molecule has 2 nitrogen and oxygen atoms in total. The van der Waals surface area contributed by atoms with E-state index < -0.39 is 0 Å². The van der Waals surface area contributed by atoms with Crippen molar-refractivity contribution in [3.8, 4) is 5.75 Å². The number of benzene rings is 2. The molecule has 2 heteroatoms. The van der Waals surface area contributed by atoms with Gasteiger partial charge in [0.25, 0.3) is 0 Å². The zero-order valence-electron chi connectivity index (χ0n) is 12.6. The van der Waals surface area contributed by atoms with Gasteiger partial charge in [-0.2, -0.15) is 0 Å². The quantitative estimate of drug-likeness (QED) is 0.897. The number of hydrogen-bond donors (Lipinski definition) is 1. The Kier molecular flexibility index (Phi) is 4.56. The molecule has 21 heavy (non-hydrogen) atoms. The van der Waals surface area contributed by atoms with E-state index in [-0.39, 0.29) is 0 Å². The van der Waals surface area contributed by atoms with Crippen LogP contribution in [-0.4, -0.2) is 13.7 Å². The SMILES string of the molecule is CNC(CCc1cccc2c1OCCC2)c1ccccc1. The van der Waals surface area contributed by atoms with Crippen molar-refractivity contribution in [2.24, 2.45) is 0 Å². The molecule has 0 aromatic heterocycles. The third-order valence-electron chi connectivity index (χ3n) is 4.27. The summed E-state index contributed by atoms with van der Waals surface area (Å²) in [6.07, 6.45) is 4.42. The molecule has 0 fully saturated rings. The van der Waals surface area contributed by atoms with E-state index in [9.17, 15) is 0 Å². The minimum absolute atomic E-state index is 0.394. The van der Waals surface area contributed by atoms with Gasteiger partial charge in [-0.05, 0) is 49.4 Å². The molecule has 0 amide bonds. The number of nitrogens with one attached hydrogen (secondary N) is 1. The van der Waals surface area contributed by atoms with Crippen molar-refractivity contribution in [3.05, 3.63) is 65.2 Å². The van der Waals surface area contributed by atoms with Crippen molar-refractivity contribution < 1.29 is 4.74 Å². The van der Waals surface area contributed by atoms with Crippen LogP contribution in [-0.2, 0) is 12.8 Å². The highest BCUT2D eigenvalue weighted by Gasteiger charge is 2.16. The molecule has 0 saturated carbocycles. The number of para-hydroxylation sites is 1. The Labute approximate surface area is 127 Å². The zero-order chi connectivity index (χ0) is 14.5. The normalized spacial score (nSPS) is 15.1. The van der Waals surface area contributed by atoms with Crippen molar-refractivity contribution in [2.75, 3.05) is 13.7 Å². The van der Waals surface area contributed by atoms with Crippen molar-refractivity contribution >= 4 is 0 Å². The van der Waals surface area contributed by atoms with Gasteiger partial charge >= 0.3 is 0 Å². The van der Waals surface area contributed by atoms with Crippen LogP contribution >= 0.6 is 0 Å². The van der Waals surface area contributed by atoms with E-state index in [1.54, 1.807) is 0 Å². The van der Waals surface area contributed by atoms with Gasteiger partial charge in [0.05, 0.1) is 6.61 Å². The molecule has 0 bridgehead atoms. The Morgan fingerprint density at radius 2 is 1.95 bits per heavy atom. The maximum absolute atomic E-state index is 5.91. The fourth-order valence-corrected chi connectivity index (χ4v) is 3.12. The number of hydrogen-bond acceptors (Lipinski definition) is 2. The van der Waals surface area contributed by atoms with E-state index in [1.165, 1.54) is 16.7 Å². The smallest absolute Gasteiger partial charge is 0.125 e. The van der Waals surface area contributed by atoms with Crippen LogP contribution in [0.25, 0.3) is 0 Å². The van der Waals surface area contributed by atoms with Gasteiger partial charge < -0.3 is 10.1 Å². The average molecular weight is 281 g/mol. The standard InChI is InChI=1S/C19H23NO/c1-20-18(15-7-3-2-4-8-15)13-12-17-10-5-9-16-11-6-14-21-19(16)17/h2-5,7-10,18,20H,6,11-14H2,1H3. The second kappa shape index (κ2) is 6.77. The Bertz CT molecular complexity index is 579. The first-order valence-corrected chi connectivity index (χ1v) is 7.84. The predicted octanol–water partition coefficient (Wildman–Crippen LogP) is 3.90. The maximum Gasteiger partial charge on any atom is 0.125 e. The number of fused-ring (bicyclic) bond motifs is 1. The zero-order valence-corrected chi connectivity index (χ0v) is 12.6. The molecule has 3 rings (SSSR count). The first-order chi connectivity index (χ1) is 10.4. The number of ether oxygens (including phenoxy) is 1. The van der Waals surface area contributed by atoms with Crippen LogP contribution in [0.5, 0.6) is 5.75 Å². The first kappa shape index (κ1) is 14.2. The molecular formula is C19H23NO. The van der Waals surface area contributed by atoms with E-state index >= 15 is 0 Å². The number of rotatable bonds is 5. The molecule has 1 heterocycles. The molecule has 2 aromatic rings. The maximum atomic E-state index is 5.91. The molecule has 1 aliphatic heterocycles. The topological polar surface area (TPSA) is 21.3 Å². The summed E-state index contributed by atoms with van der Waals surface area (Å²) in [6.45, 7) is 0.859. The van der Waals surface area contributed by atoms with Gasteiger partial charge in [-0.3, -0.25) is 0 Å². The van der Waals surface area contributed by atoms with Crippen LogP contribution < -0.4 is 10.1 Å². The van der Waals surface area contributed by atoms with Crippen LogP contribution in [0.3, 0.4) is 0 Å². The minimum Gasteiger partial charge on any atom is -0.493 e. The van der Waals surface area contributed by atoms with Gasteiger partial charge in [0, 0.05) is 6.04 Å². The van der Waals surface area contributed by atoms with Crippen LogP contribution in [0.2, 0.25) is 0 Å². The lowest BCUT2D eigenvalue weighted by Gasteiger charge is -2.22. The summed E-state index contributed by atoms with van der Waals surface area (Å²) in [7, 11) is 2.04. The highest BCUT2D eigenvalue weighted by atomic mass is 16.5. The third-order valence-corrected chi connectivity index (χ3v) is 4.27. The van der Waals surface area contributed by atoms with E-state index in [0.717, 1.165) is 38.0 Å². The molecular weight excluding hydrogens is 258 g/mol. The molecule has 1 aliphatic rings. The van der Waals surface area contributed by atoms with Crippen molar-refractivity contribution in [3.63, 3.8) is 0 Å². The molecule has 0 saturated heterocycles. The van der Waals surface area contributed by atoms with Gasteiger partial charge in [-0.15, -0.1) is 0 Å². The Morgan fingerprint density at radius 1 is 1.10 bits per heavy atom.